The van der Waals surface area contributed by atoms with Crippen LogP contribution in [0.2, 0.25) is 0 Å². The SMILES string of the molecule is COc1ccc([N+](=O)[O-])cc1NC(=O)[C@@H]1CC(=O)N=C(N)S1. The van der Waals surface area contributed by atoms with E-state index in [4.69, 9.17) is 10.5 Å². The van der Waals surface area contributed by atoms with E-state index in [9.17, 15) is 19.7 Å². The van der Waals surface area contributed by atoms with E-state index in [2.05, 4.69) is 10.3 Å². The summed E-state index contributed by atoms with van der Waals surface area (Å²) in [7, 11) is 1.38. The summed E-state index contributed by atoms with van der Waals surface area (Å²) in [5.74, 6) is -0.717. The highest BCUT2D eigenvalue weighted by atomic mass is 32.2. The van der Waals surface area contributed by atoms with E-state index in [1.165, 1.54) is 25.3 Å². The van der Waals surface area contributed by atoms with Crippen LogP contribution < -0.4 is 15.8 Å². The lowest BCUT2D eigenvalue weighted by Crippen LogP contribution is -2.33. The fourth-order valence-electron chi connectivity index (χ4n) is 1.81. The van der Waals surface area contributed by atoms with Crippen molar-refractivity contribution in [1.29, 1.82) is 0 Å². The zero-order valence-corrected chi connectivity index (χ0v) is 12.3. The molecule has 0 aliphatic carbocycles. The molecule has 0 bridgehead atoms. The third kappa shape index (κ3) is 3.52. The number of carbonyl (C=O) groups is 2. The van der Waals surface area contributed by atoms with Crippen LogP contribution in [-0.2, 0) is 9.59 Å². The van der Waals surface area contributed by atoms with E-state index in [0.29, 0.717) is 0 Å². The average Bonchev–Trinajstić information content (AvgIpc) is 2.46. The van der Waals surface area contributed by atoms with Gasteiger partial charge in [-0.25, -0.2) is 0 Å². The van der Waals surface area contributed by atoms with Gasteiger partial charge >= 0.3 is 0 Å². The molecular formula is C12H12N4O5S. The van der Waals surface area contributed by atoms with Crippen LogP contribution in [0.25, 0.3) is 0 Å². The highest BCUT2D eigenvalue weighted by Crippen LogP contribution is 2.30. The molecular weight excluding hydrogens is 312 g/mol. The summed E-state index contributed by atoms with van der Waals surface area (Å²) in [6.45, 7) is 0. The molecule has 9 nitrogen and oxygen atoms in total. The second-order valence-corrected chi connectivity index (χ2v) is 5.51. The number of nitro benzene ring substituents is 1. The first kappa shape index (κ1) is 15.8. The van der Waals surface area contributed by atoms with Crippen molar-refractivity contribution in [3.63, 3.8) is 0 Å². The van der Waals surface area contributed by atoms with Crippen molar-refractivity contribution < 1.29 is 19.2 Å². The normalized spacial score (nSPS) is 17.6. The number of amidine groups is 1. The number of benzene rings is 1. The Morgan fingerprint density at radius 2 is 2.32 bits per heavy atom. The average molecular weight is 324 g/mol. The van der Waals surface area contributed by atoms with Crippen molar-refractivity contribution in [2.24, 2.45) is 10.7 Å². The first-order valence-corrected chi connectivity index (χ1v) is 6.95. The molecule has 10 heteroatoms. The summed E-state index contributed by atoms with van der Waals surface area (Å²) < 4.78 is 5.05. The number of hydrogen-bond acceptors (Lipinski definition) is 7. The highest BCUT2D eigenvalue weighted by molar-refractivity contribution is 8.15. The van der Waals surface area contributed by atoms with Crippen molar-refractivity contribution >= 4 is 40.1 Å². The van der Waals surface area contributed by atoms with Crippen LogP contribution in [-0.4, -0.2) is 34.3 Å². The maximum absolute atomic E-state index is 12.2. The molecule has 1 heterocycles. The van der Waals surface area contributed by atoms with Crippen molar-refractivity contribution in [2.75, 3.05) is 12.4 Å². The second kappa shape index (κ2) is 6.43. The number of nitrogens with one attached hydrogen (secondary N) is 1. The fraction of sp³-hybridized carbons (Fsp3) is 0.250. The van der Waals surface area contributed by atoms with Crippen LogP contribution in [0.1, 0.15) is 6.42 Å². The largest absolute Gasteiger partial charge is 0.495 e. The molecule has 116 valence electrons. The number of rotatable bonds is 4. The minimum atomic E-state index is -0.742. The number of ether oxygens (including phenoxy) is 1. The zero-order valence-electron chi connectivity index (χ0n) is 11.4. The number of non-ortho nitro benzene ring substituents is 1. The van der Waals surface area contributed by atoms with E-state index >= 15 is 0 Å². The van der Waals surface area contributed by atoms with Gasteiger partial charge in [0.05, 0.1) is 24.1 Å². The predicted octanol–water partition coefficient (Wildman–Crippen LogP) is 0.889. The lowest BCUT2D eigenvalue weighted by Gasteiger charge is -2.18. The third-order valence-electron chi connectivity index (χ3n) is 2.80. The molecule has 0 fully saturated rings. The number of thioether (sulfide) groups is 1. The molecule has 0 saturated heterocycles. The lowest BCUT2D eigenvalue weighted by molar-refractivity contribution is -0.384. The molecule has 2 amide bonds. The highest BCUT2D eigenvalue weighted by Gasteiger charge is 2.28. The van der Waals surface area contributed by atoms with Crippen molar-refractivity contribution in [3.05, 3.63) is 28.3 Å². The molecule has 0 unspecified atom stereocenters. The molecule has 1 atom stereocenters. The topological polar surface area (TPSA) is 137 Å². The van der Waals surface area contributed by atoms with E-state index < -0.39 is 22.0 Å². The van der Waals surface area contributed by atoms with Gasteiger partial charge in [-0.15, -0.1) is 0 Å². The van der Waals surface area contributed by atoms with Gasteiger partial charge in [-0.2, -0.15) is 4.99 Å². The molecule has 1 aromatic rings. The number of nitrogens with two attached hydrogens (primary N) is 1. The minimum Gasteiger partial charge on any atom is -0.495 e. The Morgan fingerprint density at radius 1 is 1.59 bits per heavy atom. The van der Waals surface area contributed by atoms with Crippen LogP contribution in [0.4, 0.5) is 11.4 Å². The summed E-state index contributed by atoms with van der Waals surface area (Å²) in [6, 6.07) is 3.82. The van der Waals surface area contributed by atoms with Gasteiger partial charge in [0.25, 0.3) is 5.69 Å². The van der Waals surface area contributed by atoms with Crippen molar-refractivity contribution in [1.82, 2.24) is 0 Å². The predicted molar refractivity (Wildman–Crippen MR) is 80.9 cm³/mol. The molecule has 1 aliphatic rings. The maximum atomic E-state index is 12.2. The Balaban J connectivity index is 2.20. The lowest BCUT2D eigenvalue weighted by atomic mass is 10.2. The van der Waals surface area contributed by atoms with Gasteiger partial charge < -0.3 is 15.8 Å². The summed E-state index contributed by atoms with van der Waals surface area (Å²) >= 11 is 0.962. The number of hydrogen-bond donors (Lipinski definition) is 2. The molecule has 0 radical (unpaired) electrons. The summed E-state index contributed by atoms with van der Waals surface area (Å²) in [5, 5.41) is 12.6. The number of methoxy groups -OCH3 is 1. The van der Waals surface area contributed by atoms with Crippen LogP contribution in [0, 0.1) is 10.1 Å². The minimum absolute atomic E-state index is 0.0161. The van der Waals surface area contributed by atoms with Gasteiger partial charge in [0.2, 0.25) is 11.8 Å². The quantitative estimate of drug-likeness (QED) is 0.619. The van der Waals surface area contributed by atoms with E-state index in [-0.39, 0.29) is 28.7 Å². The zero-order chi connectivity index (χ0) is 16.3. The van der Waals surface area contributed by atoms with Crippen LogP contribution in [0.15, 0.2) is 23.2 Å². The third-order valence-corrected chi connectivity index (χ3v) is 3.80. The van der Waals surface area contributed by atoms with Crippen LogP contribution in [0.5, 0.6) is 5.75 Å². The number of anilines is 1. The first-order chi connectivity index (χ1) is 10.4. The van der Waals surface area contributed by atoms with Crippen LogP contribution in [0.3, 0.4) is 0 Å². The Hall–Kier alpha value is -2.62. The molecule has 1 aliphatic heterocycles. The molecule has 22 heavy (non-hydrogen) atoms. The fourth-order valence-corrected chi connectivity index (χ4v) is 2.65. The van der Waals surface area contributed by atoms with Gasteiger partial charge in [-0.05, 0) is 6.07 Å². The van der Waals surface area contributed by atoms with Gasteiger partial charge in [-0.1, -0.05) is 11.8 Å². The van der Waals surface area contributed by atoms with E-state index in [1.54, 1.807) is 0 Å². The molecule has 3 N–H and O–H groups in total. The molecule has 1 aromatic carbocycles. The van der Waals surface area contributed by atoms with Gasteiger partial charge in [0.1, 0.15) is 11.0 Å². The number of amides is 2. The van der Waals surface area contributed by atoms with Gasteiger partial charge in [0.15, 0.2) is 5.17 Å². The Bertz CT molecular complexity index is 675. The maximum Gasteiger partial charge on any atom is 0.271 e. The smallest absolute Gasteiger partial charge is 0.271 e. The number of carbonyl (C=O) groups excluding carboxylic acids is 2. The summed E-state index contributed by atoms with van der Waals surface area (Å²) in [4.78, 5) is 37.3. The summed E-state index contributed by atoms with van der Waals surface area (Å²) in [6.07, 6.45) is -0.0888. The van der Waals surface area contributed by atoms with E-state index in [1.807, 2.05) is 0 Å². The molecule has 2 rings (SSSR count). The Morgan fingerprint density at radius 3 is 2.91 bits per heavy atom. The Labute approximate surface area is 129 Å². The van der Waals surface area contributed by atoms with Crippen molar-refractivity contribution in [3.8, 4) is 5.75 Å². The molecule has 0 aromatic heterocycles. The summed E-state index contributed by atoms with van der Waals surface area (Å²) in [5.41, 5.74) is 5.42. The van der Waals surface area contributed by atoms with E-state index in [0.717, 1.165) is 11.8 Å². The standard InChI is InChI=1S/C12H12N4O5S/c1-21-8-3-2-6(16(19)20)4-7(8)14-11(18)9-5-10(17)15-12(13)22-9/h2-4,9H,5H2,1H3,(H,14,18)(H2,13,15,17)/t9-/m0/s1. The second-order valence-electron chi connectivity index (χ2n) is 4.29. The van der Waals surface area contributed by atoms with Crippen LogP contribution >= 0.6 is 11.8 Å². The first-order valence-electron chi connectivity index (χ1n) is 6.07. The van der Waals surface area contributed by atoms with Gasteiger partial charge in [-0.3, -0.25) is 19.7 Å². The number of nitrogens with zero attached hydrogens (tertiary/aromatic N) is 2. The van der Waals surface area contributed by atoms with Gasteiger partial charge in [0, 0.05) is 12.1 Å². The van der Waals surface area contributed by atoms with Crippen molar-refractivity contribution in [2.45, 2.75) is 11.7 Å². The number of aliphatic imine (C=N–C) groups is 1. The monoisotopic (exact) mass is 324 g/mol. The number of nitro groups is 1. The molecule has 0 spiro atoms. The Kier molecular flexibility index (Phi) is 4.61. The molecule has 0 saturated carbocycles.